The zero-order chi connectivity index (χ0) is 30.8. The second kappa shape index (κ2) is 12.9. The second-order valence-corrected chi connectivity index (χ2v) is 29.8. The summed E-state index contributed by atoms with van der Waals surface area (Å²) in [5.74, 6) is -0.366. The highest BCUT2D eigenvalue weighted by molar-refractivity contribution is 6.75. The first-order valence-electron chi connectivity index (χ1n) is 14.3. The molecule has 0 aromatic carbocycles. The van der Waals surface area contributed by atoms with E-state index in [-0.39, 0.29) is 27.7 Å². The summed E-state index contributed by atoms with van der Waals surface area (Å²) in [5.41, 5.74) is 0. The van der Waals surface area contributed by atoms with Crippen molar-refractivity contribution < 1.29 is 32.3 Å². The van der Waals surface area contributed by atoms with Crippen LogP contribution in [0.3, 0.4) is 0 Å². The Hall–Kier alpha value is -0.339. The molecule has 7 nitrogen and oxygen atoms in total. The molecule has 1 aliphatic rings. The highest BCUT2D eigenvalue weighted by Crippen LogP contribution is 2.46. The van der Waals surface area contributed by atoms with E-state index in [2.05, 4.69) is 108 Å². The molecule has 39 heavy (non-hydrogen) atoms. The van der Waals surface area contributed by atoms with E-state index in [9.17, 15) is 4.79 Å². The van der Waals surface area contributed by atoms with E-state index in [1.807, 2.05) is 0 Å². The van der Waals surface area contributed by atoms with Crippen molar-refractivity contribution in [3.8, 4) is 0 Å². The van der Waals surface area contributed by atoms with Crippen molar-refractivity contribution in [3.05, 3.63) is 12.7 Å². The van der Waals surface area contributed by atoms with Crippen LogP contribution in [0.15, 0.2) is 12.7 Å². The van der Waals surface area contributed by atoms with Gasteiger partial charge < -0.3 is 27.5 Å². The van der Waals surface area contributed by atoms with E-state index in [0.717, 1.165) is 0 Å². The van der Waals surface area contributed by atoms with Crippen molar-refractivity contribution in [2.24, 2.45) is 0 Å². The highest BCUT2D eigenvalue weighted by atomic mass is 28.4. The first-order valence-corrected chi connectivity index (χ1v) is 23.0. The Balaban J connectivity index is 3.84. The lowest BCUT2D eigenvalue weighted by Gasteiger charge is -2.54. The van der Waals surface area contributed by atoms with Crippen molar-refractivity contribution in [1.29, 1.82) is 0 Å². The minimum Gasteiger partial charge on any atom is -0.463 e. The van der Waals surface area contributed by atoms with E-state index >= 15 is 0 Å². The quantitative estimate of drug-likeness (QED) is 0.136. The molecule has 0 aliphatic carbocycles. The maximum atomic E-state index is 11.9. The van der Waals surface area contributed by atoms with Crippen molar-refractivity contribution in [1.82, 2.24) is 0 Å². The smallest absolute Gasteiger partial charge is 0.302 e. The van der Waals surface area contributed by atoms with E-state index < -0.39 is 55.7 Å². The zero-order valence-electron chi connectivity index (χ0n) is 27.9. The lowest BCUT2D eigenvalue weighted by molar-refractivity contribution is -0.290. The van der Waals surface area contributed by atoms with Crippen molar-refractivity contribution >= 4 is 30.9 Å². The van der Waals surface area contributed by atoms with Gasteiger partial charge in [0.25, 0.3) is 0 Å². The van der Waals surface area contributed by atoms with Gasteiger partial charge in [-0.15, -0.1) is 6.58 Å². The van der Waals surface area contributed by atoms with Crippen molar-refractivity contribution in [2.45, 2.75) is 154 Å². The molecule has 1 saturated heterocycles. The third-order valence-corrected chi connectivity index (χ3v) is 22.6. The molecule has 0 bridgehead atoms. The fraction of sp³-hybridized carbons (Fsp3) is 0.897. The van der Waals surface area contributed by atoms with Crippen LogP contribution in [-0.2, 0) is 32.3 Å². The van der Waals surface area contributed by atoms with Crippen molar-refractivity contribution in [2.75, 3.05) is 13.2 Å². The molecule has 5 atom stereocenters. The molecule has 10 heteroatoms. The molecule has 5 unspecified atom stereocenters. The van der Waals surface area contributed by atoms with Gasteiger partial charge in [-0.1, -0.05) is 68.4 Å². The Bertz CT molecular complexity index is 822. The number of carbonyl (C=O) groups excluding carboxylic acids is 1. The van der Waals surface area contributed by atoms with E-state index in [0.29, 0.717) is 6.61 Å². The number of ether oxygens (including phenoxy) is 3. The Kier molecular flexibility index (Phi) is 12.1. The Labute approximate surface area is 243 Å². The first kappa shape index (κ1) is 36.7. The third kappa shape index (κ3) is 9.59. The summed E-state index contributed by atoms with van der Waals surface area (Å²) in [6, 6.07) is 0. The van der Waals surface area contributed by atoms with Crippen LogP contribution in [0.5, 0.6) is 0 Å². The summed E-state index contributed by atoms with van der Waals surface area (Å²) >= 11 is 0. The monoisotopic (exact) mass is 604 g/mol. The molecule has 1 heterocycles. The van der Waals surface area contributed by atoms with Gasteiger partial charge in [-0.2, -0.15) is 0 Å². The average Bonchev–Trinajstić information content (AvgIpc) is 2.71. The molecule has 1 rings (SSSR count). The van der Waals surface area contributed by atoms with Gasteiger partial charge in [0.05, 0.1) is 6.61 Å². The number of rotatable bonds is 11. The number of hydrogen-bond donors (Lipinski definition) is 0. The lowest BCUT2D eigenvalue weighted by atomic mass is 9.99. The highest BCUT2D eigenvalue weighted by Gasteiger charge is 2.56. The summed E-state index contributed by atoms with van der Waals surface area (Å²) < 4.78 is 39.8. The summed E-state index contributed by atoms with van der Waals surface area (Å²) in [4.78, 5) is 11.9. The van der Waals surface area contributed by atoms with E-state index in [4.69, 9.17) is 27.5 Å². The number of hydrogen-bond acceptors (Lipinski definition) is 7. The van der Waals surface area contributed by atoms with Crippen LogP contribution in [0.2, 0.25) is 54.4 Å². The minimum atomic E-state index is -2.32. The molecule has 230 valence electrons. The SMILES string of the molecule is C=CCOC1OC(COC(C)=O)C(O[Si](C)(C)C(C)(C)C)C(O[Si](C)(C)C(C)(C)C)C1O[Si](C)(C)C(C)(C)C. The Morgan fingerprint density at radius 2 is 1.13 bits per heavy atom. The second-order valence-electron chi connectivity index (χ2n) is 15.5. The standard InChI is InChI=1S/C29H60O7Si3/c1-18-19-31-26-25(36-39(16,17)29(9,10)11)24(35-38(14,15)28(6,7)8)23(22(33-26)20-32-21(2)30)34-37(12,13)27(3,4)5/h18,22-26H,1,19-20H2,2-17H3. The number of carbonyl (C=O) groups is 1. The van der Waals surface area contributed by atoms with Crippen LogP contribution in [0.25, 0.3) is 0 Å². The predicted octanol–water partition coefficient (Wildman–Crippen LogP) is 7.65. The number of esters is 1. The molecular formula is C29H60O7Si3. The fourth-order valence-corrected chi connectivity index (χ4v) is 7.36. The van der Waals surface area contributed by atoms with Crippen LogP contribution in [0, 0.1) is 0 Å². The van der Waals surface area contributed by atoms with Crippen LogP contribution in [-0.4, -0.2) is 74.8 Å². The molecule has 1 aliphatic heterocycles. The van der Waals surface area contributed by atoms with Crippen LogP contribution >= 0.6 is 0 Å². The molecule has 0 saturated carbocycles. The van der Waals surface area contributed by atoms with Gasteiger partial charge in [0, 0.05) is 6.92 Å². The van der Waals surface area contributed by atoms with Gasteiger partial charge in [-0.05, 0) is 54.4 Å². The van der Waals surface area contributed by atoms with Crippen molar-refractivity contribution in [3.63, 3.8) is 0 Å². The van der Waals surface area contributed by atoms with Gasteiger partial charge in [0.2, 0.25) is 0 Å². The minimum absolute atomic E-state index is 0.0398. The van der Waals surface area contributed by atoms with Gasteiger partial charge >= 0.3 is 5.97 Å². The van der Waals surface area contributed by atoms with Gasteiger partial charge in [0.15, 0.2) is 31.2 Å². The lowest BCUT2D eigenvalue weighted by Crippen LogP contribution is -2.68. The molecule has 1 fully saturated rings. The summed E-state index contributed by atoms with van der Waals surface area (Å²) in [5, 5.41) is -0.133. The first-order chi connectivity index (χ1) is 17.3. The molecule has 0 aromatic rings. The summed E-state index contributed by atoms with van der Waals surface area (Å²) in [6.45, 7) is 39.0. The topological polar surface area (TPSA) is 72.5 Å². The molecule has 0 aromatic heterocycles. The van der Waals surface area contributed by atoms with Gasteiger partial charge in [-0.3, -0.25) is 4.79 Å². The third-order valence-electron chi connectivity index (χ3n) is 9.13. The van der Waals surface area contributed by atoms with E-state index in [1.54, 1.807) is 6.08 Å². The largest absolute Gasteiger partial charge is 0.463 e. The normalized spacial score (nSPS) is 25.9. The maximum Gasteiger partial charge on any atom is 0.302 e. The Morgan fingerprint density at radius 3 is 1.49 bits per heavy atom. The fourth-order valence-electron chi connectivity index (χ4n) is 3.46. The molecule has 0 spiro atoms. The van der Waals surface area contributed by atoms with Crippen LogP contribution in [0.4, 0.5) is 0 Å². The predicted molar refractivity (Wildman–Crippen MR) is 168 cm³/mol. The summed E-state index contributed by atoms with van der Waals surface area (Å²) in [6.07, 6.45) is -1.10. The maximum absolute atomic E-state index is 11.9. The molecular weight excluding hydrogens is 545 g/mol. The average molecular weight is 605 g/mol. The Morgan fingerprint density at radius 1 is 0.744 bits per heavy atom. The van der Waals surface area contributed by atoms with Crippen LogP contribution < -0.4 is 0 Å². The van der Waals surface area contributed by atoms with Crippen LogP contribution in [0.1, 0.15) is 69.2 Å². The molecule has 0 N–H and O–H groups in total. The molecule has 0 radical (unpaired) electrons. The molecule has 0 amide bonds. The zero-order valence-corrected chi connectivity index (χ0v) is 30.9. The van der Waals surface area contributed by atoms with Gasteiger partial charge in [-0.25, -0.2) is 0 Å². The van der Waals surface area contributed by atoms with Gasteiger partial charge in [0.1, 0.15) is 31.0 Å². The summed E-state index contributed by atoms with van der Waals surface area (Å²) in [7, 11) is -6.93. The van der Waals surface area contributed by atoms with E-state index in [1.165, 1.54) is 6.92 Å².